The highest BCUT2D eigenvalue weighted by Gasteiger charge is 2.49. The molecule has 168 valence electrons. The maximum atomic E-state index is 11.7. The molecular weight excluding hydrogens is 408 g/mol. The molecule has 9 heteroatoms. The van der Waals surface area contributed by atoms with Gasteiger partial charge in [0.1, 0.15) is 24.4 Å². The molecule has 0 aromatic carbocycles. The van der Waals surface area contributed by atoms with E-state index in [1.165, 1.54) is 7.11 Å². The molecule has 1 heterocycles. The quantitative estimate of drug-likeness (QED) is 0.282. The van der Waals surface area contributed by atoms with Gasteiger partial charge in [-0.1, -0.05) is 40.0 Å². The van der Waals surface area contributed by atoms with Crippen LogP contribution >= 0.6 is 10.7 Å². The van der Waals surface area contributed by atoms with Crippen LogP contribution in [0.15, 0.2) is 0 Å². The van der Waals surface area contributed by atoms with E-state index in [4.69, 9.17) is 34.4 Å². The fraction of sp³-hybridized carbons (Fsp3) is 1.00. The zero-order chi connectivity index (χ0) is 21.0. The molecule has 0 aliphatic carbocycles. The number of rotatable bonds is 15. The molecule has 0 aromatic rings. The number of hydrogen-bond acceptors (Lipinski definition) is 7. The van der Waals surface area contributed by atoms with Gasteiger partial charge in [-0.3, -0.25) is 0 Å². The van der Waals surface area contributed by atoms with Gasteiger partial charge >= 0.3 is 0 Å². The van der Waals surface area contributed by atoms with Gasteiger partial charge in [-0.15, -0.1) is 0 Å². The summed E-state index contributed by atoms with van der Waals surface area (Å²) in [6.07, 6.45) is 2.44. The predicted octanol–water partition coefficient (Wildman–Crippen LogP) is 3.48. The van der Waals surface area contributed by atoms with Gasteiger partial charge in [0.25, 0.3) is 0 Å². The number of methoxy groups -OCH3 is 1. The van der Waals surface area contributed by atoms with Crippen LogP contribution in [0.1, 0.15) is 59.3 Å². The Balaban J connectivity index is 3.08. The van der Waals surface area contributed by atoms with Crippen LogP contribution in [0.3, 0.4) is 0 Å². The third-order valence-corrected chi connectivity index (χ3v) is 5.72. The molecule has 1 rings (SSSR count). The second-order valence-electron chi connectivity index (χ2n) is 7.05. The summed E-state index contributed by atoms with van der Waals surface area (Å²) >= 11 is 0. The van der Waals surface area contributed by atoms with E-state index in [2.05, 4.69) is 20.8 Å². The fourth-order valence-corrected chi connectivity index (χ4v) is 4.09. The largest absolute Gasteiger partial charge is 0.373 e. The Kier molecular flexibility index (Phi) is 13.1. The maximum Gasteiger partial charge on any atom is 0.235 e. The number of unbranched alkanes of at least 4 members (excludes halogenated alkanes) is 3. The molecule has 5 atom stereocenters. The first-order valence-electron chi connectivity index (χ1n) is 10.3. The normalized spacial score (nSPS) is 28.5. The molecule has 5 unspecified atom stereocenters. The SMILES string of the molecule is CCCCOC1C(CS(=O)(=O)Cl)OC(OC)C(OCCCC)C1OCCCC. The Labute approximate surface area is 174 Å². The zero-order valence-corrected chi connectivity index (χ0v) is 19.2. The van der Waals surface area contributed by atoms with Gasteiger partial charge in [0.2, 0.25) is 9.05 Å². The minimum Gasteiger partial charge on any atom is -0.373 e. The zero-order valence-electron chi connectivity index (χ0n) is 17.6. The Morgan fingerprint density at radius 3 is 1.71 bits per heavy atom. The smallest absolute Gasteiger partial charge is 0.235 e. The molecule has 1 fully saturated rings. The maximum absolute atomic E-state index is 11.7. The summed E-state index contributed by atoms with van der Waals surface area (Å²) in [6.45, 7) is 7.78. The van der Waals surface area contributed by atoms with Gasteiger partial charge in [0.15, 0.2) is 6.29 Å². The van der Waals surface area contributed by atoms with Crippen LogP contribution < -0.4 is 0 Å². The van der Waals surface area contributed by atoms with Crippen molar-refractivity contribution in [3.05, 3.63) is 0 Å². The van der Waals surface area contributed by atoms with Crippen molar-refractivity contribution in [1.29, 1.82) is 0 Å². The molecule has 1 saturated heterocycles. The van der Waals surface area contributed by atoms with Crippen LogP contribution in [-0.2, 0) is 32.7 Å². The molecule has 1 aliphatic rings. The summed E-state index contributed by atoms with van der Waals surface area (Å²) in [5, 5.41) is 0. The predicted molar refractivity (Wildman–Crippen MR) is 109 cm³/mol. The van der Waals surface area contributed by atoms with E-state index in [0.717, 1.165) is 38.5 Å². The second kappa shape index (κ2) is 14.1. The van der Waals surface area contributed by atoms with Crippen LogP contribution in [0.4, 0.5) is 0 Å². The van der Waals surface area contributed by atoms with E-state index in [1.54, 1.807) is 0 Å². The second-order valence-corrected chi connectivity index (χ2v) is 9.87. The third kappa shape index (κ3) is 9.24. The van der Waals surface area contributed by atoms with Gasteiger partial charge in [-0.05, 0) is 19.3 Å². The molecule has 0 radical (unpaired) electrons. The first-order valence-corrected chi connectivity index (χ1v) is 12.8. The van der Waals surface area contributed by atoms with Crippen LogP contribution in [0.25, 0.3) is 0 Å². The monoisotopic (exact) mass is 444 g/mol. The molecule has 0 bridgehead atoms. The topological polar surface area (TPSA) is 80.3 Å². The lowest BCUT2D eigenvalue weighted by atomic mass is 9.98. The van der Waals surface area contributed by atoms with Crippen molar-refractivity contribution in [2.45, 2.75) is 90.0 Å². The molecule has 28 heavy (non-hydrogen) atoms. The van der Waals surface area contributed by atoms with Crippen LogP contribution in [0.5, 0.6) is 0 Å². The van der Waals surface area contributed by atoms with Crippen molar-refractivity contribution in [1.82, 2.24) is 0 Å². The molecule has 0 spiro atoms. The van der Waals surface area contributed by atoms with Crippen molar-refractivity contribution in [2.75, 3.05) is 32.7 Å². The highest BCUT2D eigenvalue weighted by molar-refractivity contribution is 8.13. The van der Waals surface area contributed by atoms with Gasteiger partial charge < -0.3 is 23.7 Å². The summed E-state index contributed by atoms with van der Waals surface area (Å²) in [7, 11) is 3.24. The first-order chi connectivity index (χ1) is 13.4. The van der Waals surface area contributed by atoms with Crippen molar-refractivity contribution < 1.29 is 32.1 Å². The van der Waals surface area contributed by atoms with E-state index in [1.807, 2.05) is 0 Å². The van der Waals surface area contributed by atoms with Crippen molar-refractivity contribution >= 4 is 19.7 Å². The van der Waals surface area contributed by atoms with Gasteiger partial charge in [-0.2, -0.15) is 0 Å². The Bertz CT molecular complexity index is 503. The van der Waals surface area contributed by atoms with E-state index < -0.39 is 39.8 Å². The van der Waals surface area contributed by atoms with Crippen molar-refractivity contribution in [3.8, 4) is 0 Å². The molecule has 1 aliphatic heterocycles. The van der Waals surface area contributed by atoms with Crippen molar-refractivity contribution in [3.63, 3.8) is 0 Å². The van der Waals surface area contributed by atoms with Crippen LogP contribution in [0.2, 0.25) is 0 Å². The number of halogens is 1. The lowest BCUT2D eigenvalue weighted by Crippen LogP contribution is -2.62. The van der Waals surface area contributed by atoms with E-state index in [-0.39, 0.29) is 5.75 Å². The fourth-order valence-electron chi connectivity index (χ4n) is 3.06. The minimum absolute atomic E-state index is 0.374. The average molecular weight is 445 g/mol. The number of hydrogen-bond donors (Lipinski definition) is 0. The van der Waals surface area contributed by atoms with E-state index in [9.17, 15) is 8.42 Å². The van der Waals surface area contributed by atoms with Crippen molar-refractivity contribution in [2.24, 2.45) is 0 Å². The summed E-state index contributed by atoms with van der Waals surface area (Å²) in [5.41, 5.74) is 0. The first kappa shape index (κ1) is 26.1. The van der Waals surface area contributed by atoms with E-state index >= 15 is 0 Å². The molecular formula is C19H37ClO7S. The van der Waals surface area contributed by atoms with Crippen LogP contribution in [-0.4, -0.2) is 71.8 Å². The molecule has 0 N–H and O–H groups in total. The van der Waals surface area contributed by atoms with Gasteiger partial charge in [0, 0.05) is 37.6 Å². The summed E-state index contributed by atoms with van der Waals surface area (Å²) in [6, 6.07) is 0. The number of ether oxygens (including phenoxy) is 5. The lowest BCUT2D eigenvalue weighted by Gasteiger charge is -2.45. The van der Waals surface area contributed by atoms with E-state index in [0.29, 0.717) is 19.8 Å². The van der Waals surface area contributed by atoms with Gasteiger partial charge in [0.05, 0.1) is 5.75 Å². The highest BCUT2D eigenvalue weighted by Crippen LogP contribution is 2.30. The minimum atomic E-state index is -3.79. The summed E-state index contributed by atoms with van der Waals surface area (Å²) in [5.74, 6) is -0.374. The summed E-state index contributed by atoms with van der Waals surface area (Å²) in [4.78, 5) is 0. The molecule has 0 amide bonds. The lowest BCUT2D eigenvalue weighted by molar-refractivity contribution is -0.309. The Morgan fingerprint density at radius 1 is 0.821 bits per heavy atom. The summed E-state index contributed by atoms with van der Waals surface area (Å²) < 4.78 is 53.1. The standard InChI is InChI=1S/C19H37ClO7S/c1-5-8-11-24-16-15(14-28(20,21)22)27-19(23-4)18(26-13-10-7-3)17(16)25-12-9-6-2/h15-19H,5-14H2,1-4H3. The average Bonchev–Trinajstić information content (AvgIpc) is 2.63. The Morgan fingerprint density at radius 2 is 1.29 bits per heavy atom. The Hall–Kier alpha value is 0.0400. The highest BCUT2D eigenvalue weighted by atomic mass is 35.7. The molecule has 0 aromatic heterocycles. The third-order valence-electron chi connectivity index (χ3n) is 4.61. The molecule has 0 saturated carbocycles. The molecule has 7 nitrogen and oxygen atoms in total. The van der Waals surface area contributed by atoms with Gasteiger partial charge in [-0.25, -0.2) is 8.42 Å². The van der Waals surface area contributed by atoms with Crippen LogP contribution in [0, 0.1) is 0 Å².